The number of carbonyl (C=O) groups excluding carboxylic acids is 2. The molecule has 2 fully saturated rings. The minimum atomic E-state index is -0.286. The second kappa shape index (κ2) is 9.50. The maximum Gasteiger partial charge on any atom is 0.252 e. The van der Waals surface area contributed by atoms with Crippen LogP contribution in [0.15, 0.2) is 53.5 Å². The molecule has 2 N–H and O–H groups in total. The van der Waals surface area contributed by atoms with E-state index in [1.807, 2.05) is 18.2 Å². The molecule has 0 unspecified atom stereocenters. The van der Waals surface area contributed by atoms with Gasteiger partial charge in [-0.05, 0) is 37.3 Å². The number of nitrogens with one attached hydrogen (secondary N) is 2. The molecule has 0 atom stereocenters. The van der Waals surface area contributed by atoms with Gasteiger partial charge in [0.05, 0.1) is 5.56 Å². The lowest BCUT2D eigenvalue weighted by atomic mass is 9.79. The highest BCUT2D eigenvalue weighted by Gasteiger charge is 2.35. The number of hydrogen-bond acceptors (Lipinski definition) is 3. The van der Waals surface area contributed by atoms with Crippen LogP contribution in [0.3, 0.4) is 0 Å². The number of aromatic nitrogens is 1. The van der Waals surface area contributed by atoms with Gasteiger partial charge in [-0.1, -0.05) is 56.0 Å². The number of carbonyl (C=O) groups is 2. The molecule has 2 aliphatic carbocycles. The maximum absolute atomic E-state index is 12.7. The zero-order valence-corrected chi connectivity index (χ0v) is 17.9. The Kier molecular flexibility index (Phi) is 6.54. The van der Waals surface area contributed by atoms with Gasteiger partial charge in [0.1, 0.15) is 6.54 Å². The molecule has 0 spiro atoms. The van der Waals surface area contributed by atoms with Gasteiger partial charge in [-0.2, -0.15) is 0 Å². The van der Waals surface area contributed by atoms with Crippen molar-refractivity contribution in [1.29, 1.82) is 0 Å². The Balaban J connectivity index is 1.40. The first kappa shape index (κ1) is 21.3. The average molecular weight is 422 g/mol. The summed E-state index contributed by atoms with van der Waals surface area (Å²) in [5.74, 6) is -0.396. The van der Waals surface area contributed by atoms with Crippen molar-refractivity contribution in [1.82, 2.24) is 15.2 Å². The van der Waals surface area contributed by atoms with Crippen molar-refractivity contribution in [2.75, 3.05) is 6.54 Å². The number of pyridine rings is 1. The molecule has 2 aromatic rings. The lowest BCUT2D eigenvalue weighted by molar-refractivity contribution is -0.122. The minimum Gasteiger partial charge on any atom is -0.354 e. The first-order valence-corrected chi connectivity index (χ1v) is 11.4. The topological polar surface area (TPSA) is 80.2 Å². The molecule has 6 nitrogen and oxygen atoms in total. The standard InChI is InChI=1S/C25H31N3O3/c29-22(26-18-25(14-6-7-15-25)20-8-2-1-3-9-20)17-28-16-19(12-13-23(28)30)24(31)27-21-10-4-5-11-21/h1-3,8-9,12-13,16,21H,4-7,10-11,14-15,17-18H2,(H,26,29)(H,27,31). The molecule has 2 amide bonds. The molecule has 1 heterocycles. The predicted molar refractivity (Wildman–Crippen MR) is 120 cm³/mol. The molecule has 1 aromatic heterocycles. The molecule has 0 bridgehead atoms. The highest BCUT2D eigenvalue weighted by Crippen LogP contribution is 2.40. The second-order valence-corrected chi connectivity index (χ2v) is 8.97. The molecule has 0 aliphatic heterocycles. The number of nitrogens with zero attached hydrogens (tertiary/aromatic N) is 1. The number of hydrogen-bond donors (Lipinski definition) is 2. The third-order valence-electron chi connectivity index (χ3n) is 6.82. The molecule has 4 rings (SSSR count). The third-order valence-corrected chi connectivity index (χ3v) is 6.82. The lowest BCUT2D eigenvalue weighted by Gasteiger charge is -2.30. The van der Waals surface area contributed by atoms with E-state index in [-0.39, 0.29) is 35.4 Å². The van der Waals surface area contributed by atoms with Crippen molar-refractivity contribution < 1.29 is 9.59 Å². The first-order chi connectivity index (χ1) is 15.1. The zero-order chi connectivity index (χ0) is 21.7. The third kappa shape index (κ3) is 5.06. The fourth-order valence-electron chi connectivity index (χ4n) is 5.02. The Labute approximate surface area is 183 Å². The number of benzene rings is 1. The van der Waals surface area contributed by atoms with Crippen LogP contribution >= 0.6 is 0 Å². The molecule has 0 radical (unpaired) electrons. The van der Waals surface area contributed by atoms with E-state index >= 15 is 0 Å². The highest BCUT2D eigenvalue weighted by atomic mass is 16.2. The second-order valence-electron chi connectivity index (χ2n) is 8.97. The van der Waals surface area contributed by atoms with Crippen LogP contribution in [0, 0.1) is 0 Å². The van der Waals surface area contributed by atoms with Crippen LogP contribution in [0.2, 0.25) is 0 Å². The van der Waals surface area contributed by atoms with Gasteiger partial charge >= 0.3 is 0 Å². The zero-order valence-electron chi connectivity index (χ0n) is 17.9. The van der Waals surface area contributed by atoms with Crippen LogP contribution < -0.4 is 16.2 Å². The number of amides is 2. The van der Waals surface area contributed by atoms with E-state index in [4.69, 9.17) is 0 Å². The summed E-state index contributed by atoms with van der Waals surface area (Å²) in [6.07, 6.45) is 10.2. The Bertz CT molecular complexity index is 971. The van der Waals surface area contributed by atoms with Gasteiger partial charge < -0.3 is 15.2 Å². The summed E-state index contributed by atoms with van der Waals surface area (Å²) in [6.45, 7) is 0.473. The van der Waals surface area contributed by atoms with Gasteiger partial charge in [0, 0.05) is 30.3 Å². The SMILES string of the molecule is O=C(Cn1cc(C(=O)NC2CCCC2)ccc1=O)NCC1(c2ccccc2)CCCC1. The van der Waals surface area contributed by atoms with E-state index in [2.05, 4.69) is 22.8 Å². The van der Waals surface area contributed by atoms with Gasteiger partial charge in [0.2, 0.25) is 5.91 Å². The van der Waals surface area contributed by atoms with Crippen molar-refractivity contribution in [3.8, 4) is 0 Å². The molecular formula is C25H31N3O3. The summed E-state index contributed by atoms with van der Waals surface area (Å²) in [5.41, 5.74) is 1.35. The first-order valence-electron chi connectivity index (χ1n) is 11.4. The highest BCUT2D eigenvalue weighted by molar-refractivity contribution is 5.94. The Hall–Kier alpha value is -2.89. The smallest absolute Gasteiger partial charge is 0.252 e. The average Bonchev–Trinajstić information content (AvgIpc) is 3.47. The van der Waals surface area contributed by atoms with E-state index in [1.54, 1.807) is 0 Å². The van der Waals surface area contributed by atoms with E-state index in [9.17, 15) is 14.4 Å². The van der Waals surface area contributed by atoms with Crippen LogP contribution in [0.25, 0.3) is 0 Å². The summed E-state index contributed by atoms with van der Waals surface area (Å²) in [4.78, 5) is 37.5. The van der Waals surface area contributed by atoms with E-state index in [1.165, 1.54) is 28.5 Å². The summed E-state index contributed by atoms with van der Waals surface area (Å²) < 4.78 is 1.32. The van der Waals surface area contributed by atoms with Crippen molar-refractivity contribution >= 4 is 11.8 Å². The van der Waals surface area contributed by atoms with E-state index in [0.717, 1.165) is 51.4 Å². The van der Waals surface area contributed by atoms with Gasteiger partial charge in [-0.25, -0.2) is 0 Å². The van der Waals surface area contributed by atoms with Crippen molar-refractivity contribution in [3.63, 3.8) is 0 Å². The van der Waals surface area contributed by atoms with E-state index in [0.29, 0.717) is 12.1 Å². The normalized spacial score (nSPS) is 18.1. The van der Waals surface area contributed by atoms with Crippen LogP contribution in [0.1, 0.15) is 67.3 Å². The maximum atomic E-state index is 12.7. The van der Waals surface area contributed by atoms with Crippen LogP contribution in [0.4, 0.5) is 0 Å². The van der Waals surface area contributed by atoms with Crippen molar-refractivity contribution in [3.05, 3.63) is 70.1 Å². The van der Waals surface area contributed by atoms with Gasteiger partial charge in [0.25, 0.3) is 11.5 Å². The van der Waals surface area contributed by atoms with Crippen LogP contribution in [0.5, 0.6) is 0 Å². The molecule has 6 heteroatoms. The van der Waals surface area contributed by atoms with Crippen molar-refractivity contribution in [2.45, 2.75) is 69.4 Å². The molecule has 2 saturated carbocycles. The van der Waals surface area contributed by atoms with Gasteiger partial charge in [-0.3, -0.25) is 14.4 Å². The van der Waals surface area contributed by atoms with Crippen LogP contribution in [-0.2, 0) is 16.8 Å². The molecule has 164 valence electrons. The Morgan fingerprint density at radius 2 is 1.68 bits per heavy atom. The van der Waals surface area contributed by atoms with E-state index < -0.39 is 0 Å². The van der Waals surface area contributed by atoms with Crippen LogP contribution in [-0.4, -0.2) is 29.0 Å². The van der Waals surface area contributed by atoms with Crippen molar-refractivity contribution in [2.24, 2.45) is 0 Å². The van der Waals surface area contributed by atoms with Gasteiger partial charge in [-0.15, -0.1) is 0 Å². The molecule has 31 heavy (non-hydrogen) atoms. The molecule has 2 aliphatic rings. The fraction of sp³-hybridized carbons (Fsp3) is 0.480. The monoisotopic (exact) mass is 421 g/mol. The summed E-state index contributed by atoms with van der Waals surface area (Å²) in [6, 6.07) is 13.5. The molecular weight excluding hydrogens is 390 g/mol. The summed E-state index contributed by atoms with van der Waals surface area (Å²) >= 11 is 0. The minimum absolute atomic E-state index is 0.0368. The fourth-order valence-corrected chi connectivity index (χ4v) is 5.02. The largest absolute Gasteiger partial charge is 0.354 e. The lowest BCUT2D eigenvalue weighted by Crippen LogP contribution is -2.41. The molecule has 1 aromatic carbocycles. The Morgan fingerprint density at radius 3 is 2.39 bits per heavy atom. The van der Waals surface area contributed by atoms with Gasteiger partial charge in [0.15, 0.2) is 0 Å². The quantitative estimate of drug-likeness (QED) is 0.721. The molecule has 0 saturated heterocycles. The number of rotatable bonds is 7. The Morgan fingerprint density at radius 1 is 0.968 bits per heavy atom. The summed E-state index contributed by atoms with van der Waals surface area (Å²) in [7, 11) is 0. The predicted octanol–water partition coefficient (Wildman–Crippen LogP) is 3.15. The summed E-state index contributed by atoms with van der Waals surface area (Å²) in [5, 5.41) is 6.07.